The van der Waals surface area contributed by atoms with Crippen LogP contribution >= 0.6 is 11.6 Å². The third kappa shape index (κ3) is 2.77. The Morgan fingerprint density at radius 3 is 2.32 bits per heavy atom. The molecule has 4 fully saturated rings. The number of carbonyl (C=O) groups is 1. The first-order valence-corrected chi connectivity index (χ1v) is 10.3. The maximum Gasteiger partial charge on any atom is 0.230 e. The molecule has 2 unspecified atom stereocenters. The smallest absolute Gasteiger partial charge is 0.230 e. The Labute approximate surface area is 169 Å². The highest BCUT2D eigenvalue weighted by Gasteiger charge is 2.60. The second kappa shape index (κ2) is 6.15. The zero-order valence-electron chi connectivity index (χ0n) is 15.6. The van der Waals surface area contributed by atoms with Gasteiger partial charge in [-0.3, -0.25) is 4.79 Å². The van der Waals surface area contributed by atoms with Crippen molar-refractivity contribution in [2.24, 2.45) is 17.3 Å². The highest BCUT2D eigenvalue weighted by atomic mass is 35.5. The molecule has 4 aliphatic carbocycles. The Morgan fingerprint density at radius 2 is 1.68 bits per heavy atom. The van der Waals surface area contributed by atoms with Crippen LogP contribution in [0, 0.1) is 17.3 Å². The highest BCUT2D eigenvalue weighted by Crippen LogP contribution is 2.66. The summed E-state index contributed by atoms with van der Waals surface area (Å²) in [7, 11) is 0. The summed E-state index contributed by atoms with van der Waals surface area (Å²) in [6, 6.07) is 12.5. The number of nitrogens with one attached hydrogen (secondary N) is 1. The largest absolute Gasteiger partial charge is 0.508 e. The molecule has 2 aromatic carbocycles. The molecule has 0 aromatic heterocycles. The normalized spacial score (nSPS) is 33.0. The van der Waals surface area contributed by atoms with Gasteiger partial charge in [0.2, 0.25) is 5.91 Å². The number of phenols is 2. The average Bonchev–Trinajstić information content (AvgIpc) is 2.63. The molecule has 0 saturated heterocycles. The predicted octanol–water partition coefficient (Wildman–Crippen LogP) is 5.23. The Bertz CT molecular complexity index is 925. The van der Waals surface area contributed by atoms with Gasteiger partial charge in [-0.1, -0.05) is 23.7 Å². The van der Waals surface area contributed by atoms with Crippen molar-refractivity contribution in [3.8, 4) is 11.5 Å². The van der Waals surface area contributed by atoms with Gasteiger partial charge in [0.1, 0.15) is 11.5 Å². The minimum atomic E-state index is -0.395. The summed E-state index contributed by atoms with van der Waals surface area (Å²) in [6.07, 6.45) is 6.19. The molecule has 0 spiro atoms. The summed E-state index contributed by atoms with van der Waals surface area (Å²) in [5, 5.41) is 23.3. The van der Waals surface area contributed by atoms with E-state index in [9.17, 15) is 15.0 Å². The minimum absolute atomic E-state index is 0.000860. The summed E-state index contributed by atoms with van der Waals surface area (Å²) in [5.41, 5.74) is 1.31. The number of phenolic OH excluding ortho intramolecular Hbond substituents is 2. The van der Waals surface area contributed by atoms with Crippen LogP contribution in [0.15, 0.2) is 42.5 Å². The van der Waals surface area contributed by atoms with Gasteiger partial charge < -0.3 is 15.5 Å². The van der Waals surface area contributed by atoms with Gasteiger partial charge in [-0.15, -0.1) is 0 Å². The number of hydrogen-bond acceptors (Lipinski definition) is 3. The lowest BCUT2D eigenvalue weighted by Crippen LogP contribution is -2.57. The van der Waals surface area contributed by atoms with Crippen molar-refractivity contribution >= 4 is 23.2 Å². The van der Waals surface area contributed by atoms with Gasteiger partial charge in [-0.25, -0.2) is 0 Å². The van der Waals surface area contributed by atoms with E-state index in [0.717, 1.165) is 37.1 Å². The molecule has 0 radical (unpaired) electrons. The molecule has 4 aliphatic rings. The summed E-state index contributed by atoms with van der Waals surface area (Å²) < 4.78 is 0. The number of benzene rings is 2. The van der Waals surface area contributed by atoms with Gasteiger partial charge in [-0.05, 0) is 85.6 Å². The molecule has 4 nitrogen and oxygen atoms in total. The van der Waals surface area contributed by atoms with Crippen molar-refractivity contribution in [3.63, 3.8) is 0 Å². The van der Waals surface area contributed by atoms with E-state index in [-0.39, 0.29) is 22.8 Å². The van der Waals surface area contributed by atoms with Gasteiger partial charge in [0, 0.05) is 11.1 Å². The van der Waals surface area contributed by atoms with Crippen molar-refractivity contribution in [2.45, 2.75) is 43.9 Å². The first-order valence-electron chi connectivity index (χ1n) is 9.97. The molecule has 5 heteroatoms. The molecule has 146 valence electrons. The van der Waals surface area contributed by atoms with Gasteiger partial charge in [0.05, 0.1) is 11.1 Å². The summed E-state index contributed by atoms with van der Waals surface area (Å²) in [5.74, 6) is 1.01. The third-order valence-corrected chi connectivity index (χ3v) is 7.48. The lowest BCUT2D eigenvalue weighted by atomic mass is 9.42. The lowest BCUT2D eigenvalue weighted by molar-refractivity contribution is -0.143. The standard InChI is InChI=1S/C23H24ClNO3/c24-17-3-1-16(2-4-17)22-9-14-7-15(10-22)12-23(11-14,13-22)21(28)25-19-6-5-18(26)8-20(19)27/h1-6,8,14-15,26-27H,7,9-13H2,(H,25,28). The second-order valence-corrected chi connectivity index (χ2v) is 9.62. The molecule has 6 rings (SSSR count). The van der Waals surface area contributed by atoms with E-state index in [1.165, 1.54) is 24.1 Å². The zero-order chi connectivity index (χ0) is 19.5. The van der Waals surface area contributed by atoms with Crippen molar-refractivity contribution in [2.75, 3.05) is 5.32 Å². The number of amides is 1. The Morgan fingerprint density at radius 1 is 1.00 bits per heavy atom. The summed E-state index contributed by atoms with van der Waals surface area (Å²) in [4.78, 5) is 13.4. The number of hydrogen-bond donors (Lipinski definition) is 3. The number of halogens is 1. The first kappa shape index (κ1) is 17.9. The molecule has 3 N–H and O–H groups in total. The molecule has 4 bridgehead atoms. The first-order chi connectivity index (χ1) is 13.4. The van der Waals surface area contributed by atoms with Crippen molar-refractivity contribution in [3.05, 3.63) is 53.1 Å². The van der Waals surface area contributed by atoms with Gasteiger partial charge in [-0.2, -0.15) is 0 Å². The van der Waals surface area contributed by atoms with E-state index in [1.807, 2.05) is 12.1 Å². The van der Waals surface area contributed by atoms with Crippen LogP contribution in [-0.2, 0) is 10.2 Å². The predicted molar refractivity (Wildman–Crippen MR) is 109 cm³/mol. The fraction of sp³-hybridized carbons (Fsp3) is 0.435. The van der Waals surface area contributed by atoms with E-state index in [2.05, 4.69) is 17.4 Å². The summed E-state index contributed by atoms with van der Waals surface area (Å²) in [6.45, 7) is 0. The van der Waals surface area contributed by atoms with E-state index in [4.69, 9.17) is 11.6 Å². The van der Waals surface area contributed by atoms with Gasteiger partial charge in [0.15, 0.2) is 0 Å². The van der Waals surface area contributed by atoms with Crippen molar-refractivity contribution < 1.29 is 15.0 Å². The topological polar surface area (TPSA) is 69.6 Å². The van der Waals surface area contributed by atoms with E-state index < -0.39 is 5.41 Å². The fourth-order valence-corrected chi connectivity index (χ4v) is 6.68. The molecule has 0 heterocycles. The maximum atomic E-state index is 13.4. The monoisotopic (exact) mass is 397 g/mol. The second-order valence-electron chi connectivity index (χ2n) is 9.18. The molecule has 1 amide bonds. The third-order valence-electron chi connectivity index (χ3n) is 7.23. The van der Waals surface area contributed by atoms with E-state index in [0.29, 0.717) is 17.5 Å². The molecule has 2 atom stereocenters. The van der Waals surface area contributed by atoms with Crippen LogP contribution in [0.1, 0.15) is 44.1 Å². The van der Waals surface area contributed by atoms with Crippen LogP contribution < -0.4 is 5.32 Å². The number of rotatable bonds is 3. The minimum Gasteiger partial charge on any atom is -0.508 e. The number of carbonyl (C=O) groups excluding carboxylic acids is 1. The molecule has 28 heavy (non-hydrogen) atoms. The van der Waals surface area contributed by atoms with E-state index >= 15 is 0 Å². The van der Waals surface area contributed by atoms with Crippen LogP contribution in [0.25, 0.3) is 0 Å². The quantitative estimate of drug-likeness (QED) is 0.490. The molecular weight excluding hydrogens is 374 g/mol. The van der Waals surface area contributed by atoms with Crippen molar-refractivity contribution in [1.29, 1.82) is 0 Å². The van der Waals surface area contributed by atoms with Gasteiger partial charge >= 0.3 is 0 Å². The van der Waals surface area contributed by atoms with Crippen LogP contribution in [0.3, 0.4) is 0 Å². The number of anilines is 1. The molecule has 2 aromatic rings. The summed E-state index contributed by atoms with van der Waals surface area (Å²) >= 11 is 6.11. The fourth-order valence-electron chi connectivity index (χ4n) is 6.55. The highest BCUT2D eigenvalue weighted by molar-refractivity contribution is 6.30. The average molecular weight is 398 g/mol. The van der Waals surface area contributed by atoms with Crippen LogP contribution in [-0.4, -0.2) is 16.1 Å². The SMILES string of the molecule is O=C(Nc1ccc(O)cc1O)C12CC3CC(C1)CC(c1ccc(Cl)cc1)(C3)C2. The zero-order valence-corrected chi connectivity index (χ0v) is 16.4. The van der Waals surface area contributed by atoms with Crippen LogP contribution in [0.5, 0.6) is 11.5 Å². The van der Waals surface area contributed by atoms with Crippen LogP contribution in [0.2, 0.25) is 5.02 Å². The Hall–Kier alpha value is -2.20. The number of aromatic hydroxyl groups is 2. The Kier molecular flexibility index (Phi) is 3.92. The van der Waals surface area contributed by atoms with Crippen molar-refractivity contribution in [1.82, 2.24) is 0 Å². The maximum absolute atomic E-state index is 13.4. The van der Waals surface area contributed by atoms with E-state index in [1.54, 1.807) is 6.07 Å². The van der Waals surface area contributed by atoms with Gasteiger partial charge in [0.25, 0.3) is 0 Å². The molecule has 0 aliphatic heterocycles. The molecular formula is C23H24ClNO3. The van der Waals surface area contributed by atoms with Crippen LogP contribution in [0.4, 0.5) is 5.69 Å². The molecule has 4 saturated carbocycles. The lowest BCUT2D eigenvalue weighted by Gasteiger charge is -2.61. The Balaban J connectivity index is 1.47.